The van der Waals surface area contributed by atoms with Gasteiger partial charge in [0.1, 0.15) is 0 Å². The number of aliphatic hydroxyl groups is 1. The Balaban J connectivity index is 3.03. The summed E-state index contributed by atoms with van der Waals surface area (Å²) in [7, 11) is 0. The summed E-state index contributed by atoms with van der Waals surface area (Å²) >= 11 is 0. The van der Waals surface area contributed by atoms with Gasteiger partial charge in [0.2, 0.25) is 0 Å². The fraction of sp³-hybridized carbons (Fsp3) is 0.500. The van der Waals surface area contributed by atoms with Crippen molar-refractivity contribution in [3.05, 3.63) is 34.9 Å². The molecule has 1 unspecified atom stereocenters. The Hall–Kier alpha value is -0.820. The second-order valence-corrected chi connectivity index (χ2v) is 3.63. The van der Waals surface area contributed by atoms with Gasteiger partial charge in [0, 0.05) is 12.5 Å². The molecule has 0 amide bonds. The zero-order chi connectivity index (χ0) is 9.84. The van der Waals surface area contributed by atoms with Crippen molar-refractivity contribution >= 4 is 0 Å². The van der Waals surface area contributed by atoms with E-state index in [2.05, 4.69) is 39.0 Å². The van der Waals surface area contributed by atoms with E-state index in [0.29, 0.717) is 0 Å². The van der Waals surface area contributed by atoms with Gasteiger partial charge in [-0.05, 0) is 30.0 Å². The fourth-order valence-corrected chi connectivity index (χ4v) is 1.54. The largest absolute Gasteiger partial charge is 0.396 e. The van der Waals surface area contributed by atoms with Crippen LogP contribution in [0.4, 0.5) is 0 Å². The Labute approximate surface area is 80.4 Å². The first-order valence-corrected chi connectivity index (χ1v) is 4.89. The number of benzene rings is 1. The van der Waals surface area contributed by atoms with Crippen LogP contribution in [0.15, 0.2) is 18.2 Å². The third kappa shape index (κ3) is 2.31. The third-order valence-corrected chi connectivity index (χ3v) is 2.56. The van der Waals surface area contributed by atoms with Crippen LogP contribution in [0, 0.1) is 6.92 Å². The van der Waals surface area contributed by atoms with E-state index in [4.69, 9.17) is 5.11 Å². The van der Waals surface area contributed by atoms with Gasteiger partial charge in [0.25, 0.3) is 0 Å². The summed E-state index contributed by atoms with van der Waals surface area (Å²) in [6.45, 7) is 6.54. The van der Waals surface area contributed by atoms with E-state index < -0.39 is 0 Å². The van der Waals surface area contributed by atoms with Crippen LogP contribution in [-0.4, -0.2) is 11.7 Å². The smallest absolute Gasteiger partial charge is 0.0497 e. The highest BCUT2D eigenvalue weighted by Crippen LogP contribution is 2.20. The molecule has 72 valence electrons. The minimum absolute atomic E-state index is 0.230. The average Bonchev–Trinajstić information content (AvgIpc) is 2.17. The SMILES string of the molecule is CCc1ccc(C)c(C(C)CO)c1. The van der Waals surface area contributed by atoms with Crippen molar-refractivity contribution < 1.29 is 5.11 Å². The van der Waals surface area contributed by atoms with Crippen LogP contribution >= 0.6 is 0 Å². The average molecular weight is 178 g/mol. The molecule has 1 rings (SSSR count). The first-order valence-electron chi connectivity index (χ1n) is 4.89. The Morgan fingerprint density at radius 1 is 1.38 bits per heavy atom. The molecule has 0 fully saturated rings. The van der Waals surface area contributed by atoms with Gasteiger partial charge in [-0.2, -0.15) is 0 Å². The normalized spacial score (nSPS) is 12.9. The van der Waals surface area contributed by atoms with Crippen molar-refractivity contribution in [2.75, 3.05) is 6.61 Å². The zero-order valence-electron chi connectivity index (χ0n) is 8.67. The van der Waals surface area contributed by atoms with Gasteiger partial charge in [-0.3, -0.25) is 0 Å². The summed E-state index contributed by atoms with van der Waals surface area (Å²) in [5.41, 5.74) is 3.90. The van der Waals surface area contributed by atoms with Gasteiger partial charge in [-0.25, -0.2) is 0 Å². The van der Waals surface area contributed by atoms with E-state index >= 15 is 0 Å². The first-order chi connectivity index (χ1) is 6.19. The van der Waals surface area contributed by atoms with Crippen LogP contribution < -0.4 is 0 Å². The molecule has 0 radical (unpaired) electrons. The third-order valence-electron chi connectivity index (χ3n) is 2.56. The van der Waals surface area contributed by atoms with Gasteiger partial charge in [-0.15, -0.1) is 0 Å². The Morgan fingerprint density at radius 3 is 2.62 bits per heavy atom. The van der Waals surface area contributed by atoms with E-state index in [0.717, 1.165) is 6.42 Å². The molecule has 1 atom stereocenters. The van der Waals surface area contributed by atoms with E-state index in [9.17, 15) is 0 Å². The number of aliphatic hydroxyl groups excluding tert-OH is 1. The molecule has 0 saturated heterocycles. The van der Waals surface area contributed by atoms with Crippen LogP contribution in [0.1, 0.15) is 36.5 Å². The molecule has 0 aromatic heterocycles. The first kappa shape index (κ1) is 10.3. The summed E-state index contributed by atoms with van der Waals surface area (Å²) in [6.07, 6.45) is 1.06. The summed E-state index contributed by atoms with van der Waals surface area (Å²) in [6, 6.07) is 6.50. The standard InChI is InChI=1S/C12H18O/c1-4-11-6-5-9(2)12(7-11)10(3)8-13/h5-7,10,13H,4,8H2,1-3H3. The summed E-state index contributed by atoms with van der Waals surface area (Å²) in [4.78, 5) is 0. The predicted octanol–water partition coefficient (Wildman–Crippen LogP) is 2.65. The van der Waals surface area contributed by atoms with Gasteiger partial charge in [0.15, 0.2) is 0 Å². The van der Waals surface area contributed by atoms with Gasteiger partial charge in [-0.1, -0.05) is 32.0 Å². The molecular formula is C12H18O. The molecule has 0 aliphatic heterocycles. The Kier molecular flexibility index (Phi) is 3.49. The molecule has 0 saturated carbocycles. The highest BCUT2D eigenvalue weighted by molar-refractivity contribution is 5.33. The molecule has 1 nitrogen and oxygen atoms in total. The predicted molar refractivity (Wildman–Crippen MR) is 56.1 cm³/mol. The second-order valence-electron chi connectivity index (χ2n) is 3.63. The van der Waals surface area contributed by atoms with E-state index in [1.165, 1.54) is 16.7 Å². The van der Waals surface area contributed by atoms with Crippen LogP contribution in [0.25, 0.3) is 0 Å². The molecule has 1 heteroatoms. The maximum Gasteiger partial charge on any atom is 0.0497 e. The highest BCUT2D eigenvalue weighted by atomic mass is 16.3. The zero-order valence-corrected chi connectivity index (χ0v) is 8.67. The molecule has 1 N–H and O–H groups in total. The van der Waals surface area contributed by atoms with Crippen molar-refractivity contribution in [1.29, 1.82) is 0 Å². The van der Waals surface area contributed by atoms with Crippen LogP contribution in [0.5, 0.6) is 0 Å². The van der Waals surface area contributed by atoms with Crippen molar-refractivity contribution in [2.45, 2.75) is 33.1 Å². The molecule has 1 aromatic carbocycles. The molecule has 0 aliphatic rings. The van der Waals surface area contributed by atoms with Crippen LogP contribution in [-0.2, 0) is 6.42 Å². The van der Waals surface area contributed by atoms with E-state index in [1.807, 2.05) is 0 Å². The molecule has 0 heterocycles. The number of aryl methyl sites for hydroxylation is 2. The molecule has 0 bridgehead atoms. The van der Waals surface area contributed by atoms with Gasteiger partial charge >= 0.3 is 0 Å². The fourth-order valence-electron chi connectivity index (χ4n) is 1.54. The lowest BCUT2D eigenvalue weighted by Gasteiger charge is -2.13. The highest BCUT2D eigenvalue weighted by Gasteiger charge is 2.07. The Morgan fingerprint density at radius 2 is 2.08 bits per heavy atom. The number of hydrogen-bond acceptors (Lipinski definition) is 1. The maximum absolute atomic E-state index is 9.08. The summed E-state index contributed by atoms with van der Waals surface area (Å²) < 4.78 is 0. The van der Waals surface area contributed by atoms with Crippen molar-refractivity contribution in [3.8, 4) is 0 Å². The number of hydrogen-bond donors (Lipinski definition) is 1. The number of rotatable bonds is 3. The minimum Gasteiger partial charge on any atom is -0.396 e. The van der Waals surface area contributed by atoms with E-state index in [-0.39, 0.29) is 12.5 Å². The molecular weight excluding hydrogens is 160 g/mol. The van der Waals surface area contributed by atoms with Crippen molar-refractivity contribution in [1.82, 2.24) is 0 Å². The summed E-state index contributed by atoms with van der Waals surface area (Å²) in [5, 5.41) is 9.08. The van der Waals surface area contributed by atoms with Crippen molar-refractivity contribution in [3.63, 3.8) is 0 Å². The lowest BCUT2D eigenvalue weighted by atomic mass is 9.94. The topological polar surface area (TPSA) is 20.2 Å². The van der Waals surface area contributed by atoms with Crippen LogP contribution in [0.2, 0.25) is 0 Å². The lowest BCUT2D eigenvalue weighted by Crippen LogP contribution is -2.02. The second kappa shape index (κ2) is 4.43. The molecule has 13 heavy (non-hydrogen) atoms. The van der Waals surface area contributed by atoms with Gasteiger partial charge in [0.05, 0.1) is 0 Å². The van der Waals surface area contributed by atoms with Gasteiger partial charge < -0.3 is 5.11 Å². The summed E-state index contributed by atoms with van der Waals surface area (Å²) in [5.74, 6) is 0.256. The lowest BCUT2D eigenvalue weighted by molar-refractivity contribution is 0.272. The van der Waals surface area contributed by atoms with Crippen LogP contribution in [0.3, 0.4) is 0 Å². The van der Waals surface area contributed by atoms with E-state index in [1.54, 1.807) is 0 Å². The molecule has 1 aromatic rings. The maximum atomic E-state index is 9.08. The molecule has 0 aliphatic carbocycles. The minimum atomic E-state index is 0.230. The monoisotopic (exact) mass is 178 g/mol. The quantitative estimate of drug-likeness (QED) is 0.754. The molecule has 0 spiro atoms. The Bertz CT molecular complexity index is 278. The van der Waals surface area contributed by atoms with Crippen molar-refractivity contribution in [2.24, 2.45) is 0 Å².